The Balaban J connectivity index is 2.63. The lowest BCUT2D eigenvalue weighted by Gasteiger charge is -2.20. The van der Waals surface area contributed by atoms with Crippen molar-refractivity contribution in [2.75, 3.05) is 6.61 Å². The molecule has 0 aliphatic heterocycles. The van der Waals surface area contributed by atoms with E-state index < -0.39 is 0 Å². The minimum absolute atomic E-state index is 0.0361. The monoisotopic (exact) mass is 194 g/mol. The van der Waals surface area contributed by atoms with Gasteiger partial charge in [-0.2, -0.15) is 0 Å². The molecule has 0 amide bonds. The molecule has 1 aromatic rings. The van der Waals surface area contributed by atoms with Gasteiger partial charge in [-0.05, 0) is 18.9 Å². The van der Waals surface area contributed by atoms with E-state index in [0.29, 0.717) is 0 Å². The number of aliphatic hydroxyl groups is 1. The number of aliphatic hydroxyl groups excluding tert-OH is 1. The third kappa shape index (κ3) is 3.13. The lowest BCUT2D eigenvalue weighted by Crippen LogP contribution is -2.15. The molecule has 1 rings (SSSR count). The molecule has 0 aliphatic rings. The van der Waals surface area contributed by atoms with Gasteiger partial charge in [0.25, 0.3) is 0 Å². The van der Waals surface area contributed by atoms with Crippen molar-refractivity contribution in [3.05, 3.63) is 35.9 Å². The highest BCUT2D eigenvalue weighted by molar-refractivity contribution is 5.17. The van der Waals surface area contributed by atoms with Crippen LogP contribution in [0.4, 0.5) is 0 Å². The molecule has 0 saturated heterocycles. The number of benzene rings is 1. The van der Waals surface area contributed by atoms with Crippen molar-refractivity contribution in [2.45, 2.75) is 32.5 Å². The van der Waals surface area contributed by atoms with Crippen LogP contribution in [-0.4, -0.2) is 17.8 Å². The molecule has 0 bridgehead atoms. The minimum atomic E-state index is -0.189. The van der Waals surface area contributed by atoms with Crippen molar-refractivity contribution in [3.8, 4) is 0 Å². The van der Waals surface area contributed by atoms with Crippen LogP contribution < -0.4 is 0 Å². The molecule has 2 atom stereocenters. The Hall–Kier alpha value is -0.860. The summed E-state index contributed by atoms with van der Waals surface area (Å²) in [6.07, 6.45) is 0.960. The maximum atomic E-state index is 9.20. The van der Waals surface area contributed by atoms with E-state index in [9.17, 15) is 5.11 Å². The highest BCUT2D eigenvalue weighted by Crippen LogP contribution is 2.18. The summed E-state index contributed by atoms with van der Waals surface area (Å²) in [6, 6.07) is 9.82. The third-order valence-electron chi connectivity index (χ3n) is 2.31. The van der Waals surface area contributed by atoms with Crippen LogP contribution in [0.5, 0.6) is 0 Å². The average molecular weight is 194 g/mol. The van der Waals surface area contributed by atoms with E-state index in [4.69, 9.17) is 4.74 Å². The summed E-state index contributed by atoms with van der Waals surface area (Å²) < 4.78 is 5.68. The zero-order valence-corrected chi connectivity index (χ0v) is 8.81. The zero-order chi connectivity index (χ0) is 10.4. The molecular weight excluding hydrogens is 176 g/mol. The molecule has 78 valence electrons. The van der Waals surface area contributed by atoms with Crippen LogP contribution >= 0.6 is 0 Å². The van der Waals surface area contributed by atoms with Crippen LogP contribution in [0.3, 0.4) is 0 Å². The first-order valence-corrected chi connectivity index (χ1v) is 5.09. The Morgan fingerprint density at radius 3 is 2.43 bits per heavy atom. The Morgan fingerprint density at radius 2 is 1.93 bits per heavy atom. The molecule has 0 aliphatic carbocycles. The molecule has 2 unspecified atom stereocenters. The SMILES string of the molecule is CCC(C)OC(CO)c1ccccc1. The summed E-state index contributed by atoms with van der Waals surface area (Å²) in [5.41, 5.74) is 1.04. The molecule has 0 aromatic heterocycles. The number of hydrogen-bond donors (Lipinski definition) is 1. The Morgan fingerprint density at radius 1 is 1.29 bits per heavy atom. The highest BCUT2D eigenvalue weighted by Gasteiger charge is 2.12. The fourth-order valence-electron chi connectivity index (χ4n) is 1.27. The first-order valence-electron chi connectivity index (χ1n) is 5.09. The van der Waals surface area contributed by atoms with Gasteiger partial charge in [0.05, 0.1) is 12.7 Å². The molecule has 0 fully saturated rings. The van der Waals surface area contributed by atoms with Gasteiger partial charge in [-0.25, -0.2) is 0 Å². The summed E-state index contributed by atoms with van der Waals surface area (Å²) >= 11 is 0. The van der Waals surface area contributed by atoms with Crippen molar-refractivity contribution in [1.29, 1.82) is 0 Å². The highest BCUT2D eigenvalue weighted by atomic mass is 16.5. The smallest absolute Gasteiger partial charge is 0.106 e. The first-order chi connectivity index (χ1) is 6.77. The van der Waals surface area contributed by atoms with Crippen LogP contribution in [0.1, 0.15) is 31.9 Å². The van der Waals surface area contributed by atoms with Crippen LogP contribution in [0.15, 0.2) is 30.3 Å². The van der Waals surface area contributed by atoms with Crippen LogP contribution in [0.25, 0.3) is 0 Å². The molecule has 0 spiro atoms. The zero-order valence-electron chi connectivity index (χ0n) is 8.81. The van der Waals surface area contributed by atoms with E-state index in [1.54, 1.807) is 0 Å². The van der Waals surface area contributed by atoms with Crippen molar-refractivity contribution < 1.29 is 9.84 Å². The van der Waals surface area contributed by atoms with Crippen LogP contribution in [0, 0.1) is 0 Å². The molecule has 2 heteroatoms. The number of rotatable bonds is 5. The molecular formula is C12H18O2. The van der Waals surface area contributed by atoms with Gasteiger partial charge in [0.2, 0.25) is 0 Å². The lowest BCUT2D eigenvalue weighted by molar-refractivity contribution is -0.0340. The fourth-order valence-corrected chi connectivity index (χ4v) is 1.27. The second kappa shape index (κ2) is 5.78. The second-order valence-corrected chi connectivity index (χ2v) is 3.44. The quantitative estimate of drug-likeness (QED) is 0.780. The van der Waals surface area contributed by atoms with Crippen LogP contribution in [0.2, 0.25) is 0 Å². The molecule has 0 saturated carbocycles. The van der Waals surface area contributed by atoms with E-state index in [-0.39, 0.29) is 18.8 Å². The van der Waals surface area contributed by atoms with Gasteiger partial charge in [0.1, 0.15) is 6.10 Å². The fraction of sp³-hybridized carbons (Fsp3) is 0.500. The van der Waals surface area contributed by atoms with Gasteiger partial charge in [0.15, 0.2) is 0 Å². The largest absolute Gasteiger partial charge is 0.393 e. The molecule has 1 N–H and O–H groups in total. The standard InChI is InChI=1S/C12H18O2/c1-3-10(2)14-12(9-13)11-7-5-4-6-8-11/h4-8,10,12-13H,3,9H2,1-2H3. The van der Waals surface area contributed by atoms with E-state index in [2.05, 4.69) is 6.92 Å². The van der Waals surface area contributed by atoms with E-state index in [1.807, 2.05) is 37.3 Å². The molecule has 0 heterocycles. The van der Waals surface area contributed by atoms with Crippen molar-refractivity contribution >= 4 is 0 Å². The van der Waals surface area contributed by atoms with Crippen molar-refractivity contribution in [3.63, 3.8) is 0 Å². The normalized spacial score (nSPS) is 15.1. The topological polar surface area (TPSA) is 29.5 Å². The van der Waals surface area contributed by atoms with E-state index in [0.717, 1.165) is 12.0 Å². The molecule has 1 aromatic carbocycles. The predicted molar refractivity (Wildman–Crippen MR) is 57.1 cm³/mol. The van der Waals surface area contributed by atoms with Gasteiger partial charge in [-0.1, -0.05) is 37.3 Å². The maximum Gasteiger partial charge on any atom is 0.106 e. The summed E-state index contributed by atoms with van der Waals surface area (Å²) in [6.45, 7) is 4.13. The first kappa shape index (κ1) is 11.2. The molecule has 2 nitrogen and oxygen atoms in total. The van der Waals surface area contributed by atoms with Crippen LogP contribution in [-0.2, 0) is 4.74 Å². The Bertz CT molecular complexity index is 246. The van der Waals surface area contributed by atoms with E-state index >= 15 is 0 Å². The lowest BCUT2D eigenvalue weighted by atomic mass is 10.1. The van der Waals surface area contributed by atoms with Crippen molar-refractivity contribution in [2.24, 2.45) is 0 Å². The minimum Gasteiger partial charge on any atom is -0.393 e. The van der Waals surface area contributed by atoms with Gasteiger partial charge >= 0.3 is 0 Å². The van der Waals surface area contributed by atoms with Crippen molar-refractivity contribution in [1.82, 2.24) is 0 Å². The summed E-state index contributed by atoms with van der Waals surface area (Å²) in [5, 5.41) is 9.20. The van der Waals surface area contributed by atoms with Gasteiger partial charge in [-0.15, -0.1) is 0 Å². The number of hydrogen-bond acceptors (Lipinski definition) is 2. The summed E-state index contributed by atoms with van der Waals surface area (Å²) in [5.74, 6) is 0. The number of ether oxygens (including phenoxy) is 1. The second-order valence-electron chi connectivity index (χ2n) is 3.44. The summed E-state index contributed by atoms with van der Waals surface area (Å²) in [7, 11) is 0. The summed E-state index contributed by atoms with van der Waals surface area (Å²) in [4.78, 5) is 0. The van der Waals surface area contributed by atoms with Gasteiger partial charge in [-0.3, -0.25) is 0 Å². The molecule has 0 radical (unpaired) electrons. The van der Waals surface area contributed by atoms with Gasteiger partial charge in [0, 0.05) is 0 Å². The predicted octanol–water partition coefficient (Wildman–Crippen LogP) is 2.54. The average Bonchev–Trinajstić information content (AvgIpc) is 2.26. The Kier molecular flexibility index (Phi) is 4.63. The third-order valence-corrected chi connectivity index (χ3v) is 2.31. The maximum absolute atomic E-state index is 9.20. The molecule has 14 heavy (non-hydrogen) atoms. The van der Waals surface area contributed by atoms with E-state index in [1.165, 1.54) is 0 Å². The van der Waals surface area contributed by atoms with Gasteiger partial charge < -0.3 is 9.84 Å². The Labute approximate surface area is 85.5 Å².